The molecule has 0 bridgehead atoms. The first-order valence-corrected chi connectivity index (χ1v) is 14.7. The smallest absolute Gasteiger partial charge is 0.366 e. The Bertz CT molecular complexity index is 1910. The number of fused-ring (bicyclic) bond motifs is 2. The molecule has 8 rings (SSSR count). The van der Waals surface area contributed by atoms with Crippen LogP contribution in [0.4, 0.5) is 17.6 Å². The first-order valence-electron chi connectivity index (χ1n) is 14.7. The minimum Gasteiger partial charge on any atom is -0.366 e. The molecule has 0 unspecified atom stereocenters. The van der Waals surface area contributed by atoms with E-state index in [4.69, 9.17) is 0 Å². The van der Waals surface area contributed by atoms with E-state index in [1.54, 1.807) is 9.13 Å². The summed E-state index contributed by atoms with van der Waals surface area (Å²) in [7, 11) is 0. The minimum absolute atomic E-state index is 0. The van der Waals surface area contributed by atoms with Gasteiger partial charge < -0.3 is 9.13 Å². The molecule has 47 heavy (non-hydrogen) atoms. The van der Waals surface area contributed by atoms with Crippen molar-refractivity contribution in [2.24, 2.45) is 0 Å². The van der Waals surface area contributed by atoms with Gasteiger partial charge in [0, 0.05) is 45.7 Å². The zero-order valence-corrected chi connectivity index (χ0v) is 27.4. The summed E-state index contributed by atoms with van der Waals surface area (Å²) < 4.78 is 56.9. The van der Waals surface area contributed by atoms with Crippen molar-refractivity contribution in [3.05, 3.63) is 180 Å². The van der Waals surface area contributed by atoms with Crippen LogP contribution in [0.3, 0.4) is 0 Å². The predicted octanol–water partition coefficient (Wildman–Crippen LogP) is 10.6. The van der Waals surface area contributed by atoms with E-state index in [0.717, 1.165) is 46.0 Å². The van der Waals surface area contributed by atoms with Crippen molar-refractivity contribution in [2.75, 3.05) is 0 Å². The molecule has 2 aromatic heterocycles. The van der Waals surface area contributed by atoms with Crippen molar-refractivity contribution in [3.63, 3.8) is 0 Å². The molecule has 4 aromatic carbocycles. The quantitative estimate of drug-likeness (QED) is 0.0992. The SMILES string of the molecule is Cc1cc2ccccc2n1-c1ccc(F)[c-]c1F.Cc1cc2ccccc2n1-c1ccc(F)[c-]c1F.[C-]1=CC=CC1.[C-]1=CC=CC1.[Ti+4]. The predicted molar refractivity (Wildman–Crippen MR) is 177 cm³/mol. The third kappa shape index (κ3) is 8.79. The summed E-state index contributed by atoms with van der Waals surface area (Å²) >= 11 is 0. The van der Waals surface area contributed by atoms with Gasteiger partial charge in [-0.1, -0.05) is 36.4 Å². The number of hydrogen-bond donors (Lipinski definition) is 0. The zero-order valence-electron chi connectivity index (χ0n) is 25.9. The van der Waals surface area contributed by atoms with Crippen LogP contribution in [-0.2, 0) is 21.7 Å². The maximum atomic E-state index is 13.8. The number of allylic oxidation sites excluding steroid dienone is 8. The Morgan fingerprint density at radius 2 is 0.957 bits per heavy atom. The molecule has 2 aliphatic carbocycles. The Labute approximate surface area is 287 Å². The van der Waals surface area contributed by atoms with Crippen LogP contribution >= 0.6 is 0 Å². The van der Waals surface area contributed by atoms with Crippen LogP contribution in [0.1, 0.15) is 24.2 Å². The van der Waals surface area contributed by atoms with Crippen molar-refractivity contribution in [3.8, 4) is 11.4 Å². The molecule has 0 saturated heterocycles. The molecule has 0 spiro atoms. The summed E-state index contributed by atoms with van der Waals surface area (Å²) in [5, 5.41) is 2.05. The summed E-state index contributed by atoms with van der Waals surface area (Å²) in [6, 6.07) is 28.7. The molecule has 0 saturated carbocycles. The molecule has 2 aliphatic rings. The maximum absolute atomic E-state index is 13.8. The fraction of sp³-hybridized carbons (Fsp3) is 0.100. The first kappa shape index (κ1) is 35.2. The van der Waals surface area contributed by atoms with Gasteiger partial charge in [-0.3, -0.25) is 12.2 Å². The maximum Gasteiger partial charge on any atom is 4.00 e. The molecular weight excluding hydrogens is 632 g/mol. The van der Waals surface area contributed by atoms with Crippen molar-refractivity contribution in [1.29, 1.82) is 0 Å². The van der Waals surface area contributed by atoms with Crippen LogP contribution in [-0.4, -0.2) is 9.13 Å². The van der Waals surface area contributed by atoms with E-state index in [0.29, 0.717) is 11.4 Å². The molecule has 0 N–H and O–H groups in total. The molecule has 0 radical (unpaired) electrons. The zero-order chi connectivity index (χ0) is 32.5. The monoisotopic (exact) mass is 662 g/mol. The number of rotatable bonds is 2. The van der Waals surface area contributed by atoms with Gasteiger partial charge in [-0.05, 0) is 60.3 Å². The van der Waals surface area contributed by atoms with Crippen LogP contribution in [0.15, 0.2) is 121 Å². The molecule has 0 aliphatic heterocycles. The Hall–Kier alpha value is -4.65. The van der Waals surface area contributed by atoms with E-state index in [1.807, 2.05) is 98.8 Å². The van der Waals surface area contributed by atoms with Crippen molar-refractivity contribution >= 4 is 21.8 Å². The second-order valence-corrected chi connectivity index (χ2v) is 10.4. The van der Waals surface area contributed by atoms with Gasteiger partial charge in [-0.2, -0.15) is 12.2 Å². The minimum atomic E-state index is -0.689. The number of para-hydroxylation sites is 2. The van der Waals surface area contributed by atoms with Gasteiger partial charge in [0.25, 0.3) is 0 Å². The fourth-order valence-corrected chi connectivity index (χ4v) is 5.12. The van der Waals surface area contributed by atoms with Gasteiger partial charge in [-0.15, -0.1) is 49.2 Å². The molecule has 7 heteroatoms. The summed E-state index contributed by atoms with van der Waals surface area (Å²) in [5.74, 6) is -2.74. The Morgan fingerprint density at radius 1 is 0.553 bits per heavy atom. The third-order valence-corrected chi connectivity index (χ3v) is 7.13. The summed E-state index contributed by atoms with van der Waals surface area (Å²) in [5.41, 5.74) is 4.22. The number of aromatic nitrogens is 2. The molecule has 232 valence electrons. The van der Waals surface area contributed by atoms with Crippen molar-refractivity contribution < 1.29 is 39.3 Å². The van der Waals surface area contributed by atoms with E-state index in [2.05, 4.69) is 36.4 Å². The molecule has 6 aromatic rings. The number of aryl methyl sites for hydroxylation is 2. The van der Waals surface area contributed by atoms with Crippen molar-refractivity contribution in [1.82, 2.24) is 9.13 Å². The van der Waals surface area contributed by atoms with Crippen molar-refractivity contribution in [2.45, 2.75) is 26.7 Å². The molecule has 2 nitrogen and oxygen atoms in total. The fourth-order valence-electron chi connectivity index (χ4n) is 5.12. The van der Waals surface area contributed by atoms with Gasteiger partial charge in [-0.25, -0.2) is 41.9 Å². The van der Waals surface area contributed by atoms with E-state index >= 15 is 0 Å². The van der Waals surface area contributed by atoms with Gasteiger partial charge in [0.2, 0.25) is 0 Å². The van der Waals surface area contributed by atoms with Crippen LogP contribution in [0.25, 0.3) is 33.2 Å². The van der Waals surface area contributed by atoms with Crippen LogP contribution in [0.2, 0.25) is 0 Å². The Kier molecular flexibility index (Phi) is 12.6. The van der Waals surface area contributed by atoms with Crippen LogP contribution < -0.4 is 0 Å². The standard InChI is InChI=1S/2C15H10F2N.2C5H5.Ti/c2*1-10-8-11-4-2-3-5-14(11)18(10)15-7-6-12(16)9-13(15)17;2*1-2-4-5-3-1;/h2*2-8H,1H3;2*1-3H,4H2;/q4*-1;+4. The Morgan fingerprint density at radius 3 is 1.28 bits per heavy atom. The number of nitrogens with zero attached hydrogens (tertiary/aromatic N) is 2. The van der Waals surface area contributed by atoms with Gasteiger partial charge in [0.05, 0.1) is 0 Å². The van der Waals surface area contributed by atoms with Crippen LogP contribution in [0, 0.1) is 61.4 Å². The van der Waals surface area contributed by atoms with Gasteiger partial charge >= 0.3 is 21.7 Å². The van der Waals surface area contributed by atoms with E-state index in [9.17, 15) is 17.6 Å². The average molecular weight is 663 g/mol. The third-order valence-electron chi connectivity index (χ3n) is 7.13. The van der Waals surface area contributed by atoms with Gasteiger partial charge in [0.15, 0.2) is 0 Å². The first-order chi connectivity index (χ1) is 22.3. The van der Waals surface area contributed by atoms with E-state index < -0.39 is 23.3 Å². The second-order valence-electron chi connectivity index (χ2n) is 10.4. The summed E-state index contributed by atoms with van der Waals surface area (Å²) in [6.45, 7) is 3.78. The summed E-state index contributed by atoms with van der Waals surface area (Å²) in [4.78, 5) is 0. The molecular formula is C40H30F4N2Ti. The molecule has 2 heterocycles. The molecule has 0 fully saturated rings. The normalized spacial score (nSPS) is 12.2. The topological polar surface area (TPSA) is 9.86 Å². The average Bonchev–Trinajstić information content (AvgIpc) is 3.87. The number of halogens is 4. The number of hydrogen-bond acceptors (Lipinski definition) is 0. The largest absolute Gasteiger partial charge is 4.00 e. The Balaban J connectivity index is 0.000000162. The van der Waals surface area contributed by atoms with E-state index in [1.165, 1.54) is 24.3 Å². The number of benzene rings is 4. The molecule has 0 amide bonds. The van der Waals surface area contributed by atoms with E-state index in [-0.39, 0.29) is 21.7 Å². The van der Waals surface area contributed by atoms with Crippen LogP contribution in [0.5, 0.6) is 0 Å². The second kappa shape index (κ2) is 16.8. The van der Waals surface area contributed by atoms with Gasteiger partial charge in [0.1, 0.15) is 0 Å². The molecule has 0 atom stereocenters. The summed E-state index contributed by atoms with van der Waals surface area (Å²) in [6.07, 6.45) is 20.0.